The van der Waals surface area contributed by atoms with E-state index >= 15 is 0 Å². The third kappa shape index (κ3) is 3.16. The molecule has 1 aromatic heterocycles. The average molecular weight is 256 g/mol. The normalized spacial score (nSPS) is 9.89. The quantitative estimate of drug-likeness (QED) is 0.847. The first-order chi connectivity index (χ1) is 9.18. The first-order valence-electron chi connectivity index (χ1n) is 5.63. The molecule has 1 heterocycles. The van der Waals surface area contributed by atoms with E-state index in [1.54, 1.807) is 42.6 Å². The van der Waals surface area contributed by atoms with Gasteiger partial charge in [-0.15, -0.1) is 0 Å². The van der Waals surface area contributed by atoms with Crippen LogP contribution in [0.4, 0.5) is 4.79 Å². The highest BCUT2D eigenvalue weighted by Gasteiger charge is 2.13. The molecule has 0 aliphatic heterocycles. The van der Waals surface area contributed by atoms with E-state index in [2.05, 4.69) is 4.98 Å². The number of amides is 1. The first kappa shape index (κ1) is 12.8. The number of aromatic nitrogens is 1. The molecule has 0 saturated carbocycles. The summed E-state index contributed by atoms with van der Waals surface area (Å²) in [5, 5.41) is 0. The Morgan fingerprint density at radius 2 is 1.95 bits per heavy atom. The van der Waals surface area contributed by atoms with Gasteiger partial charge in [0.1, 0.15) is 6.61 Å². The molecule has 0 fully saturated rings. The molecular formula is C14H12N2O3. The van der Waals surface area contributed by atoms with Crippen LogP contribution >= 0.6 is 0 Å². The summed E-state index contributed by atoms with van der Waals surface area (Å²) in [5.41, 5.74) is 6.48. The molecule has 0 unspecified atom stereocenters. The van der Waals surface area contributed by atoms with Gasteiger partial charge in [0, 0.05) is 29.1 Å². The fourth-order valence-corrected chi connectivity index (χ4v) is 1.67. The van der Waals surface area contributed by atoms with E-state index in [1.165, 1.54) is 6.20 Å². The van der Waals surface area contributed by atoms with E-state index in [0.717, 1.165) is 0 Å². The van der Waals surface area contributed by atoms with Crippen molar-refractivity contribution in [2.45, 2.75) is 6.61 Å². The van der Waals surface area contributed by atoms with Crippen molar-refractivity contribution < 1.29 is 14.3 Å². The molecule has 2 N–H and O–H groups in total. The van der Waals surface area contributed by atoms with Crippen LogP contribution in [0.25, 0.3) is 0 Å². The van der Waals surface area contributed by atoms with Crippen molar-refractivity contribution in [3.05, 3.63) is 65.5 Å². The van der Waals surface area contributed by atoms with Crippen LogP contribution in [0.15, 0.2) is 48.8 Å². The number of pyridine rings is 1. The number of hydrogen-bond acceptors (Lipinski definition) is 4. The average Bonchev–Trinajstić information content (AvgIpc) is 2.45. The Balaban J connectivity index is 2.29. The molecule has 0 spiro atoms. The van der Waals surface area contributed by atoms with E-state index in [9.17, 15) is 9.59 Å². The summed E-state index contributed by atoms with van der Waals surface area (Å²) >= 11 is 0. The van der Waals surface area contributed by atoms with Gasteiger partial charge in [0.2, 0.25) is 0 Å². The molecule has 0 radical (unpaired) electrons. The Morgan fingerprint density at radius 3 is 2.63 bits per heavy atom. The van der Waals surface area contributed by atoms with Crippen LogP contribution in [0.3, 0.4) is 0 Å². The number of ketones is 1. The first-order valence-corrected chi connectivity index (χ1v) is 5.63. The van der Waals surface area contributed by atoms with Gasteiger partial charge in [-0.3, -0.25) is 9.78 Å². The topological polar surface area (TPSA) is 82.3 Å². The second kappa shape index (κ2) is 5.77. The number of primary amides is 1. The number of ether oxygens (including phenoxy) is 1. The van der Waals surface area contributed by atoms with E-state index < -0.39 is 6.09 Å². The molecule has 1 aromatic carbocycles. The number of rotatable bonds is 4. The molecule has 0 saturated heterocycles. The van der Waals surface area contributed by atoms with Gasteiger partial charge >= 0.3 is 6.09 Å². The maximum atomic E-state index is 12.3. The molecule has 0 atom stereocenters. The van der Waals surface area contributed by atoms with Crippen LogP contribution in [0.5, 0.6) is 0 Å². The zero-order chi connectivity index (χ0) is 13.7. The monoisotopic (exact) mass is 256 g/mol. The minimum absolute atomic E-state index is 0.0302. The van der Waals surface area contributed by atoms with Crippen LogP contribution in [-0.2, 0) is 11.3 Å². The van der Waals surface area contributed by atoms with E-state index in [-0.39, 0.29) is 12.4 Å². The van der Waals surface area contributed by atoms with E-state index in [1.807, 2.05) is 0 Å². The molecule has 96 valence electrons. The molecule has 19 heavy (non-hydrogen) atoms. The number of carbonyl (C=O) groups is 2. The molecule has 0 aliphatic carbocycles. The molecule has 2 aromatic rings. The predicted octanol–water partition coefficient (Wildman–Crippen LogP) is 1.91. The van der Waals surface area contributed by atoms with E-state index in [4.69, 9.17) is 10.5 Å². The number of nitrogens with zero attached hydrogens (tertiary/aromatic N) is 1. The van der Waals surface area contributed by atoms with Crippen molar-refractivity contribution in [1.29, 1.82) is 0 Å². The fraction of sp³-hybridized carbons (Fsp3) is 0.0714. The maximum absolute atomic E-state index is 12.3. The van der Waals surface area contributed by atoms with E-state index in [0.29, 0.717) is 16.7 Å². The molecular weight excluding hydrogens is 244 g/mol. The second-order valence-electron chi connectivity index (χ2n) is 3.84. The third-order valence-corrected chi connectivity index (χ3v) is 2.56. The van der Waals surface area contributed by atoms with Gasteiger partial charge in [0.15, 0.2) is 5.78 Å². The van der Waals surface area contributed by atoms with Gasteiger partial charge in [-0.2, -0.15) is 0 Å². The molecule has 0 bridgehead atoms. The number of benzene rings is 1. The van der Waals surface area contributed by atoms with Gasteiger partial charge in [-0.25, -0.2) is 4.79 Å². The summed E-state index contributed by atoms with van der Waals surface area (Å²) < 4.78 is 4.73. The number of carbonyl (C=O) groups excluding carboxylic acids is 2. The van der Waals surface area contributed by atoms with Crippen LogP contribution in [0, 0.1) is 0 Å². The third-order valence-electron chi connectivity index (χ3n) is 2.56. The van der Waals surface area contributed by atoms with Crippen LogP contribution in [-0.4, -0.2) is 16.9 Å². The lowest BCUT2D eigenvalue weighted by molar-refractivity contribution is 0.103. The summed E-state index contributed by atoms with van der Waals surface area (Å²) in [4.78, 5) is 26.8. The Morgan fingerprint density at radius 1 is 1.16 bits per heavy atom. The van der Waals surface area contributed by atoms with Crippen molar-refractivity contribution in [1.82, 2.24) is 4.98 Å². The van der Waals surface area contributed by atoms with Crippen LogP contribution in [0.2, 0.25) is 0 Å². The van der Waals surface area contributed by atoms with Gasteiger partial charge in [0.25, 0.3) is 0 Å². The Kier molecular flexibility index (Phi) is 3.87. The summed E-state index contributed by atoms with van der Waals surface area (Å²) in [6.07, 6.45) is 2.22. The summed E-state index contributed by atoms with van der Waals surface area (Å²) in [7, 11) is 0. The Labute approximate surface area is 110 Å². The van der Waals surface area contributed by atoms with Crippen molar-refractivity contribution in [2.24, 2.45) is 5.73 Å². The second-order valence-corrected chi connectivity index (χ2v) is 3.84. The van der Waals surface area contributed by atoms with Crippen molar-refractivity contribution in [3.8, 4) is 0 Å². The summed E-state index contributed by atoms with van der Waals surface area (Å²) in [6, 6.07) is 10.3. The van der Waals surface area contributed by atoms with Crippen LogP contribution < -0.4 is 5.73 Å². The lowest BCUT2D eigenvalue weighted by atomic mass is 10.00. The van der Waals surface area contributed by atoms with Gasteiger partial charge in [-0.1, -0.05) is 24.3 Å². The summed E-state index contributed by atoms with van der Waals surface area (Å²) in [6.45, 7) is -0.0302. The highest BCUT2D eigenvalue weighted by molar-refractivity contribution is 6.09. The highest BCUT2D eigenvalue weighted by atomic mass is 16.5. The van der Waals surface area contributed by atoms with Gasteiger partial charge in [-0.05, 0) is 12.1 Å². The molecule has 5 nitrogen and oxygen atoms in total. The van der Waals surface area contributed by atoms with Crippen molar-refractivity contribution in [2.75, 3.05) is 0 Å². The number of nitrogens with two attached hydrogens (primary N) is 1. The highest BCUT2D eigenvalue weighted by Crippen LogP contribution is 2.15. The standard InChI is InChI=1S/C14H12N2O3/c15-14(18)19-9-11-4-1-2-6-12(11)13(17)10-5-3-7-16-8-10/h1-8H,9H2,(H2,15,18). The largest absolute Gasteiger partial charge is 0.445 e. The summed E-state index contributed by atoms with van der Waals surface area (Å²) in [5.74, 6) is -0.170. The molecule has 0 aliphatic rings. The van der Waals surface area contributed by atoms with Crippen molar-refractivity contribution >= 4 is 11.9 Å². The molecule has 2 rings (SSSR count). The smallest absolute Gasteiger partial charge is 0.404 e. The maximum Gasteiger partial charge on any atom is 0.404 e. The molecule has 5 heteroatoms. The Hall–Kier alpha value is -2.69. The van der Waals surface area contributed by atoms with Crippen molar-refractivity contribution in [3.63, 3.8) is 0 Å². The van der Waals surface area contributed by atoms with Crippen LogP contribution in [0.1, 0.15) is 21.5 Å². The lowest BCUT2D eigenvalue weighted by Gasteiger charge is -2.08. The lowest BCUT2D eigenvalue weighted by Crippen LogP contribution is -2.14. The zero-order valence-corrected chi connectivity index (χ0v) is 10.1. The minimum Gasteiger partial charge on any atom is -0.445 e. The fourth-order valence-electron chi connectivity index (χ4n) is 1.67. The predicted molar refractivity (Wildman–Crippen MR) is 68.5 cm³/mol. The Bertz CT molecular complexity index is 597. The SMILES string of the molecule is NC(=O)OCc1ccccc1C(=O)c1cccnc1. The van der Waals surface area contributed by atoms with Gasteiger partial charge in [0.05, 0.1) is 0 Å². The number of hydrogen-bond donors (Lipinski definition) is 1. The minimum atomic E-state index is -0.872. The zero-order valence-electron chi connectivity index (χ0n) is 10.1. The molecule has 1 amide bonds. The van der Waals surface area contributed by atoms with Gasteiger partial charge < -0.3 is 10.5 Å².